The number of nitrogens with zero attached hydrogens (tertiary/aromatic N) is 2. The van der Waals surface area contributed by atoms with Gasteiger partial charge in [-0.15, -0.1) is 0 Å². The molecule has 0 spiro atoms. The first-order chi connectivity index (χ1) is 9.31. The van der Waals surface area contributed by atoms with E-state index in [0.29, 0.717) is 12.8 Å². The van der Waals surface area contributed by atoms with E-state index in [1.54, 1.807) is 0 Å². The largest absolute Gasteiger partial charge is 0.356 e. The van der Waals surface area contributed by atoms with Crippen LogP contribution in [0.5, 0.6) is 0 Å². The van der Waals surface area contributed by atoms with Gasteiger partial charge in [-0.2, -0.15) is 10.5 Å². The standard InChI is InChI=1S/C16H13N3/c17-11-9-13-1-5-15(6-2-13)19-16-7-3-14(4-8-16)10-12-18/h1-8,19H,9-10H2. The van der Waals surface area contributed by atoms with E-state index in [9.17, 15) is 0 Å². The Kier molecular flexibility index (Phi) is 4.16. The highest BCUT2D eigenvalue weighted by atomic mass is 14.9. The van der Waals surface area contributed by atoms with Gasteiger partial charge in [0.15, 0.2) is 0 Å². The van der Waals surface area contributed by atoms with Crippen LogP contribution in [0.4, 0.5) is 11.4 Å². The van der Waals surface area contributed by atoms with Crippen molar-refractivity contribution in [3.63, 3.8) is 0 Å². The normalized spacial score (nSPS) is 9.37. The van der Waals surface area contributed by atoms with Gasteiger partial charge in [-0.1, -0.05) is 24.3 Å². The maximum Gasteiger partial charge on any atom is 0.0669 e. The van der Waals surface area contributed by atoms with Crippen LogP contribution in [0.25, 0.3) is 0 Å². The molecule has 2 aromatic rings. The Morgan fingerprint density at radius 2 is 1.05 bits per heavy atom. The summed E-state index contributed by atoms with van der Waals surface area (Å²) in [5.74, 6) is 0. The molecular formula is C16H13N3. The third kappa shape index (κ3) is 3.59. The Labute approximate surface area is 112 Å². The molecule has 3 nitrogen and oxygen atoms in total. The smallest absolute Gasteiger partial charge is 0.0669 e. The molecule has 0 aliphatic rings. The van der Waals surface area contributed by atoms with Crippen LogP contribution >= 0.6 is 0 Å². The monoisotopic (exact) mass is 247 g/mol. The average Bonchev–Trinajstić information content (AvgIpc) is 2.44. The number of nitriles is 2. The number of benzene rings is 2. The number of anilines is 2. The molecule has 2 rings (SSSR count). The number of hydrogen-bond acceptors (Lipinski definition) is 3. The van der Waals surface area contributed by atoms with Crippen LogP contribution in [0.1, 0.15) is 11.1 Å². The molecule has 0 atom stereocenters. The van der Waals surface area contributed by atoms with Crippen molar-refractivity contribution >= 4 is 11.4 Å². The molecule has 0 unspecified atom stereocenters. The highest BCUT2D eigenvalue weighted by Gasteiger charge is 1.97. The molecule has 0 radical (unpaired) electrons. The van der Waals surface area contributed by atoms with Crippen LogP contribution in [-0.4, -0.2) is 0 Å². The average molecular weight is 247 g/mol. The van der Waals surface area contributed by atoms with E-state index in [-0.39, 0.29) is 0 Å². The Morgan fingerprint density at radius 3 is 1.37 bits per heavy atom. The van der Waals surface area contributed by atoms with E-state index >= 15 is 0 Å². The van der Waals surface area contributed by atoms with Gasteiger partial charge >= 0.3 is 0 Å². The molecule has 2 aromatic carbocycles. The quantitative estimate of drug-likeness (QED) is 0.898. The Bertz CT molecular complexity index is 556. The van der Waals surface area contributed by atoms with E-state index in [4.69, 9.17) is 10.5 Å². The van der Waals surface area contributed by atoms with Crippen molar-refractivity contribution in [3.05, 3.63) is 59.7 Å². The maximum atomic E-state index is 8.61. The molecule has 0 amide bonds. The fourth-order valence-electron chi connectivity index (χ4n) is 1.76. The van der Waals surface area contributed by atoms with Crippen molar-refractivity contribution < 1.29 is 0 Å². The van der Waals surface area contributed by atoms with E-state index in [1.807, 2.05) is 48.5 Å². The van der Waals surface area contributed by atoms with E-state index in [0.717, 1.165) is 22.5 Å². The molecule has 0 bridgehead atoms. The van der Waals surface area contributed by atoms with Gasteiger partial charge in [0.05, 0.1) is 25.0 Å². The van der Waals surface area contributed by atoms with Gasteiger partial charge in [-0.05, 0) is 35.4 Å². The first-order valence-corrected chi connectivity index (χ1v) is 6.00. The SMILES string of the molecule is N#CCc1ccc(Nc2ccc(CC#N)cc2)cc1. The van der Waals surface area contributed by atoms with Crippen molar-refractivity contribution in [3.8, 4) is 12.1 Å². The molecule has 92 valence electrons. The fraction of sp³-hybridized carbons (Fsp3) is 0.125. The second kappa shape index (κ2) is 6.23. The van der Waals surface area contributed by atoms with E-state index in [2.05, 4.69) is 17.5 Å². The maximum absolute atomic E-state index is 8.61. The molecule has 0 aliphatic heterocycles. The van der Waals surface area contributed by atoms with Crippen LogP contribution in [0, 0.1) is 22.7 Å². The molecule has 0 saturated heterocycles. The molecule has 19 heavy (non-hydrogen) atoms. The van der Waals surface area contributed by atoms with Gasteiger partial charge in [0.1, 0.15) is 0 Å². The zero-order chi connectivity index (χ0) is 13.5. The van der Waals surface area contributed by atoms with Crippen LogP contribution in [0.3, 0.4) is 0 Å². The zero-order valence-electron chi connectivity index (χ0n) is 10.4. The highest BCUT2D eigenvalue weighted by molar-refractivity contribution is 5.60. The van der Waals surface area contributed by atoms with Crippen LogP contribution < -0.4 is 5.32 Å². The summed E-state index contributed by atoms with van der Waals surface area (Å²) in [5.41, 5.74) is 3.99. The molecule has 1 N–H and O–H groups in total. The molecule has 0 saturated carbocycles. The minimum atomic E-state index is 0.434. The minimum absolute atomic E-state index is 0.434. The molecule has 0 aromatic heterocycles. The lowest BCUT2D eigenvalue weighted by atomic mass is 10.1. The van der Waals surface area contributed by atoms with Gasteiger partial charge in [-0.25, -0.2) is 0 Å². The topological polar surface area (TPSA) is 59.6 Å². The second-order valence-electron chi connectivity index (χ2n) is 4.19. The summed E-state index contributed by atoms with van der Waals surface area (Å²) in [6.07, 6.45) is 0.867. The van der Waals surface area contributed by atoms with Crippen molar-refractivity contribution in [2.24, 2.45) is 0 Å². The van der Waals surface area contributed by atoms with Gasteiger partial charge in [-0.3, -0.25) is 0 Å². The Morgan fingerprint density at radius 1 is 0.684 bits per heavy atom. The first kappa shape index (κ1) is 12.7. The summed E-state index contributed by atoms with van der Waals surface area (Å²) >= 11 is 0. The highest BCUT2D eigenvalue weighted by Crippen LogP contribution is 2.18. The summed E-state index contributed by atoms with van der Waals surface area (Å²) in [4.78, 5) is 0. The molecular weight excluding hydrogens is 234 g/mol. The van der Waals surface area contributed by atoms with Crippen molar-refractivity contribution in [2.45, 2.75) is 12.8 Å². The molecule has 0 heterocycles. The lowest BCUT2D eigenvalue weighted by Gasteiger charge is -2.07. The summed E-state index contributed by atoms with van der Waals surface area (Å²) in [5, 5.41) is 20.5. The minimum Gasteiger partial charge on any atom is -0.356 e. The molecule has 0 aliphatic carbocycles. The van der Waals surface area contributed by atoms with Crippen molar-refractivity contribution in [1.82, 2.24) is 0 Å². The zero-order valence-corrected chi connectivity index (χ0v) is 10.4. The predicted molar refractivity (Wildman–Crippen MR) is 74.8 cm³/mol. The van der Waals surface area contributed by atoms with E-state index in [1.165, 1.54) is 0 Å². The van der Waals surface area contributed by atoms with E-state index < -0.39 is 0 Å². The lowest BCUT2D eigenvalue weighted by Crippen LogP contribution is -1.91. The van der Waals surface area contributed by atoms with Crippen molar-refractivity contribution in [2.75, 3.05) is 5.32 Å². The van der Waals surface area contributed by atoms with Crippen molar-refractivity contribution in [1.29, 1.82) is 10.5 Å². The van der Waals surface area contributed by atoms with Crippen LogP contribution in [0.2, 0.25) is 0 Å². The van der Waals surface area contributed by atoms with Crippen LogP contribution in [0.15, 0.2) is 48.5 Å². The molecule has 0 fully saturated rings. The van der Waals surface area contributed by atoms with Gasteiger partial charge < -0.3 is 5.32 Å². The third-order valence-corrected chi connectivity index (χ3v) is 2.76. The summed E-state index contributed by atoms with van der Waals surface area (Å²) in [7, 11) is 0. The first-order valence-electron chi connectivity index (χ1n) is 6.00. The third-order valence-electron chi connectivity index (χ3n) is 2.76. The lowest BCUT2D eigenvalue weighted by molar-refractivity contribution is 1.26. The Balaban J connectivity index is 2.04. The fourth-order valence-corrected chi connectivity index (χ4v) is 1.76. The molecule has 3 heteroatoms. The van der Waals surface area contributed by atoms with Gasteiger partial charge in [0.25, 0.3) is 0 Å². The number of hydrogen-bond donors (Lipinski definition) is 1. The summed E-state index contributed by atoms with van der Waals surface area (Å²) < 4.78 is 0. The van der Waals surface area contributed by atoms with Gasteiger partial charge in [0, 0.05) is 11.4 Å². The van der Waals surface area contributed by atoms with Crippen LogP contribution in [-0.2, 0) is 12.8 Å². The Hall–Kier alpha value is -2.78. The van der Waals surface area contributed by atoms with Gasteiger partial charge in [0.2, 0.25) is 0 Å². The predicted octanol–water partition coefficient (Wildman–Crippen LogP) is 3.56. The number of rotatable bonds is 4. The summed E-state index contributed by atoms with van der Waals surface area (Å²) in [6.45, 7) is 0. The second-order valence-corrected chi connectivity index (χ2v) is 4.19. The summed E-state index contributed by atoms with van der Waals surface area (Å²) in [6, 6.07) is 19.8. The number of nitrogens with one attached hydrogen (secondary N) is 1.